The van der Waals surface area contributed by atoms with Crippen molar-refractivity contribution in [1.82, 2.24) is 0 Å². The van der Waals surface area contributed by atoms with Crippen LogP contribution in [0.15, 0.2) is 40.9 Å². The minimum Gasteiger partial charge on any atom is -0.457 e. The van der Waals surface area contributed by atoms with Gasteiger partial charge < -0.3 is 10.5 Å². The Morgan fingerprint density at radius 1 is 1.14 bits per heavy atom. The van der Waals surface area contributed by atoms with Crippen LogP contribution in [0, 0.1) is 11.6 Å². The van der Waals surface area contributed by atoms with Crippen LogP contribution in [-0.2, 0) is 6.42 Å². The number of ether oxygens (including phenoxy) is 1. The lowest BCUT2D eigenvalue weighted by Gasteiger charge is -2.15. The zero-order chi connectivity index (χ0) is 15.4. The van der Waals surface area contributed by atoms with Gasteiger partial charge in [0.1, 0.15) is 23.1 Å². The highest BCUT2D eigenvalue weighted by Gasteiger charge is 2.11. The third kappa shape index (κ3) is 4.51. The van der Waals surface area contributed by atoms with Gasteiger partial charge in [0, 0.05) is 28.7 Å². The zero-order valence-corrected chi connectivity index (χ0v) is 13.2. The van der Waals surface area contributed by atoms with Gasteiger partial charge in [0.2, 0.25) is 0 Å². The van der Waals surface area contributed by atoms with E-state index < -0.39 is 11.6 Å². The van der Waals surface area contributed by atoms with E-state index in [2.05, 4.69) is 15.9 Å². The van der Waals surface area contributed by atoms with Gasteiger partial charge in [-0.15, -0.1) is 0 Å². The summed E-state index contributed by atoms with van der Waals surface area (Å²) < 4.78 is 32.9. The third-order valence-electron chi connectivity index (χ3n) is 3.10. The number of rotatable bonds is 5. The fraction of sp³-hybridized carbons (Fsp3) is 0.250. The van der Waals surface area contributed by atoms with E-state index in [4.69, 9.17) is 10.5 Å². The molecule has 0 heterocycles. The van der Waals surface area contributed by atoms with Crippen molar-refractivity contribution in [3.8, 4) is 11.5 Å². The molecule has 0 aliphatic heterocycles. The molecule has 21 heavy (non-hydrogen) atoms. The SMILES string of the molecule is CCC(N)Cc1ccc(Br)cc1Oc1cc(F)cc(F)c1. The zero-order valence-electron chi connectivity index (χ0n) is 11.6. The fourth-order valence-electron chi connectivity index (χ4n) is 1.93. The molecule has 0 aromatic heterocycles. The molecule has 0 radical (unpaired) electrons. The smallest absolute Gasteiger partial charge is 0.133 e. The van der Waals surface area contributed by atoms with Crippen LogP contribution in [0.3, 0.4) is 0 Å². The van der Waals surface area contributed by atoms with Crippen LogP contribution >= 0.6 is 15.9 Å². The van der Waals surface area contributed by atoms with E-state index in [1.165, 1.54) is 0 Å². The van der Waals surface area contributed by atoms with Crippen molar-refractivity contribution in [3.05, 3.63) is 58.1 Å². The minimum absolute atomic E-state index is 0.0118. The summed E-state index contributed by atoms with van der Waals surface area (Å²) in [6, 6.07) is 8.66. The Hall–Kier alpha value is -1.46. The van der Waals surface area contributed by atoms with E-state index in [-0.39, 0.29) is 11.8 Å². The van der Waals surface area contributed by atoms with Gasteiger partial charge >= 0.3 is 0 Å². The first kappa shape index (κ1) is 15.9. The van der Waals surface area contributed by atoms with Gasteiger partial charge in [0.25, 0.3) is 0 Å². The van der Waals surface area contributed by atoms with Gasteiger partial charge in [-0.1, -0.05) is 28.9 Å². The van der Waals surface area contributed by atoms with Crippen LogP contribution < -0.4 is 10.5 Å². The van der Waals surface area contributed by atoms with Gasteiger partial charge in [-0.3, -0.25) is 0 Å². The molecule has 2 nitrogen and oxygen atoms in total. The average molecular weight is 356 g/mol. The highest BCUT2D eigenvalue weighted by molar-refractivity contribution is 9.10. The molecular weight excluding hydrogens is 340 g/mol. The maximum Gasteiger partial charge on any atom is 0.133 e. The number of halogens is 3. The molecule has 0 bridgehead atoms. The second-order valence-electron chi connectivity index (χ2n) is 4.83. The van der Waals surface area contributed by atoms with E-state index in [0.29, 0.717) is 12.2 Å². The summed E-state index contributed by atoms with van der Waals surface area (Å²) in [5.74, 6) is -0.686. The van der Waals surface area contributed by atoms with Crippen molar-refractivity contribution in [2.45, 2.75) is 25.8 Å². The van der Waals surface area contributed by atoms with Gasteiger partial charge in [-0.25, -0.2) is 8.78 Å². The summed E-state index contributed by atoms with van der Waals surface area (Å²) in [6.45, 7) is 2.01. The van der Waals surface area contributed by atoms with Gasteiger partial charge in [0.05, 0.1) is 0 Å². The monoisotopic (exact) mass is 355 g/mol. The first-order chi connectivity index (χ1) is 9.97. The molecular formula is C16H16BrF2NO. The second kappa shape index (κ2) is 7.00. The molecule has 1 atom stereocenters. The Kier molecular flexibility index (Phi) is 5.31. The van der Waals surface area contributed by atoms with Crippen molar-refractivity contribution in [3.63, 3.8) is 0 Å². The quantitative estimate of drug-likeness (QED) is 0.835. The largest absolute Gasteiger partial charge is 0.457 e. The Bertz CT molecular complexity index is 613. The van der Waals surface area contributed by atoms with Crippen LogP contribution in [0.2, 0.25) is 0 Å². The van der Waals surface area contributed by atoms with E-state index in [9.17, 15) is 8.78 Å². The summed E-state index contributed by atoms with van der Waals surface area (Å²) in [5.41, 5.74) is 6.87. The van der Waals surface area contributed by atoms with Crippen LogP contribution in [0.25, 0.3) is 0 Å². The molecule has 0 fully saturated rings. The van der Waals surface area contributed by atoms with Crippen LogP contribution in [0.1, 0.15) is 18.9 Å². The standard InChI is InChI=1S/C16H16BrF2NO/c1-2-14(20)5-10-3-4-11(17)6-16(10)21-15-8-12(18)7-13(19)9-15/h3-4,6-9,14H,2,5,20H2,1H3. The lowest BCUT2D eigenvalue weighted by atomic mass is 10.0. The molecule has 0 saturated carbocycles. The lowest BCUT2D eigenvalue weighted by Crippen LogP contribution is -2.21. The summed E-state index contributed by atoms with van der Waals surface area (Å²) in [5, 5.41) is 0. The summed E-state index contributed by atoms with van der Waals surface area (Å²) in [4.78, 5) is 0. The van der Waals surface area contributed by atoms with E-state index in [1.807, 2.05) is 19.1 Å². The number of hydrogen-bond acceptors (Lipinski definition) is 2. The molecule has 2 rings (SSSR count). The second-order valence-corrected chi connectivity index (χ2v) is 5.75. The number of hydrogen-bond donors (Lipinski definition) is 1. The molecule has 5 heteroatoms. The normalized spacial score (nSPS) is 12.2. The number of nitrogens with two attached hydrogens (primary N) is 1. The molecule has 1 unspecified atom stereocenters. The Labute approximate surface area is 131 Å². The molecule has 112 valence electrons. The average Bonchev–Trinajstić information content (AvgIpc) is 2.40. The van der Waals surface area contributed by atoms with Gasteiger partial charge in [0.15, 0.2) is 0 Å². The predicted octanol–water partition coefficient (Wildman–Crippen LogP) is 4.80. The fourth-order valence-corrected chi connectivity index (χ4v) is 2.27. The van der Waals surface area contributed by atoms with Crippen molar-refractivity contribution >= 4 is 15.9 Å². The molecule has 2 N–H and O–H groups in total. The van der Waals surface area contributed by atoms with Gasteiger partial charge in [-0.05, 0) is 30.5 Å². The molecule has 0 aliphatic carbocycles. The summed E-state index contributed by atoms with van der Waals surface area (Å²) in [7, 11) is 0. The van der Waals surface area contributed by atoms with Crippen LogP contribution in [0.5, 0.6) is 11.5 Å². The third-order valence-corrected chi connectivity index (χ3v) is 3.59. The van der Waals surface area contributed by atoms with Crippen molar-refractivity contribution in [1.29, 1.82) is 0 Å². The van der Waals surface area contributed by atoms with Crippen molar-refractivity contribution in [2.24, 2.45) is 5.73 Å². The van der Waals surface area contributed by atoms with Gasteiger partial charge in [-0.2, -0.15) is 0 Å². The van der Waals surface area contributed by atoms with Crippen LogP contribution in [-0.4, -0.2) is 6.04 Å². The van der Waals surface area contributed by atoms with E-state index in [1.54, 1.807) is 6.07 Å². The summed E-state index contributed by atoms with van der Waals surface area (Å²) in [6.07, 6.45) is 1.47. The van der Waals surface area contributed by atoms with Crippen molar-refractivity contribution < 1.29 is 13.5 Å². The topological polar surface area (TPSA) is 35.2 Å². The maximum absolute atomic E-state index is 13.2. The molecule has 0 amide bonds. The van der Waals surface area contributed by atoms with E-state index in [0.717, 1.165) is 34.7 Å². The molecule has 2 aromatic carbocycles. The predicted molar refractivity (Wildman–Crippen MR) is 82.5 cm³/mol. The van der Waals surface area contributed by atoms with Crippen molar-refractivity contribution in [2.75, 3.05) is 0 Å². The van der Waals surface area contributed by atoms with Crippen LogP contribution in [0.4, 0.5) is 8.78 Å². The Balaban J connectivity index is 2.31. The molecule has 0 spiro atoms. The molecule has 0 saturated heterocycles. The Morgan fingerprint density at radius 2 is 1.81 bits per heavy atom. The highest BCUT2D eigenvalue weighted by atomic mass is 79.9. The highest BCUT2D eigenvalue weighted by Crippen LogP contribution is 2.30. The number of benzene rings is 2. The Morgan fingerprint density at radius 3 is 2.43 bits per heavy atom. The molecule has 0 aliphatic rings. The maximum atomic E-state index is 13.2. The summed E-state index contributed by atoms with van der Waals surface area (Å²) >= 11 is 3.36. The van der Waals surface area contributed by atoms with E-state index >= 15 is 0 Å². The lowest BCUT2D eigenvalue weighted by molar-refractivity contribution is 0.459. The molecule has 2 aromatic rings. The first-order valence-electron chi connectivity index (χ1n) is 6.66. The first-order valence-corrected chi connectivity index (χ1v) is 7.45. The minimum atomic E-state index is -0.674.